The molecule has 0 fully saturated rings. The predicted molar refractivity (Wildman–Crippen MR) is 100 cm³/mol. The van der Waals surface area contributed by atoms with Crippen molar-refractivity contribution in [1.29, 1.82) is 0 Å². The molecule has 0 saturated carbocycles. The Morgan fingerprint density at radius 3 is 2.31 bits per heavy atom. The Morgan fingerprint density at radius 1 is 0.962 bits per heavy atom. The van der Waals surface area contributed by atoms with E-state index in [4.69, 9.17) is 17.3 Å². The van der Waals surface area contributed by atoms with Crippen molar-refractivity contribution in [2.24, 2.45) is 0 Å². The first kappa shape index (κ1) is 16.2. The van der Waals surface area contributed by atoms with Gasteiger partial charge in [-0.15, -0.1) is 0 Å². The number of nitrogens with two attached hydrogens (primary N) is 1. The smallest absolute Gasteiger partial charge is 0.348 e. The van der Waals surface area contributed by atoms with E-state index in [0.29, 0.717) is 21.7 Å². The van der Waals surface area contributed by atoms with E-state index < -0.39 is 5.69 Å². The largest absolute Gasteiger partial charge is 0.385 e. The summed E-state index contributed by atoms with van der Waals surface area (Å²) in [4.78, 5) is 22.6. The molecule has 0 aliphatic carbocycles. The van der Waals surface area contributed by atoms with Gasteiger partial charge in [0.15, 0.2) is 5.65 Å². The number of halogens is 2. The van der Waals surface area contributed by atoms with Gasteiger partial charge in [-0.25, -0.2) is 14.2 Å². The summed E-state index contributed by atoms with van der Waals surface area (Å²) in [5.41, 5.74) is 8.50. The summed E-state index contributed by atoms with van der Waals surface area (Å²) < 4.78 is 13.2. The molecule has 2 heterocycles. The third kappa shape index (κ3) is 2.91. The predicted octanol–water partition coefficient (Wildman–Crippen LogP) is 4.03. The zero-order chi connectivity index (χ0) is 18.3. The average Bonchev–Trinajstić information content (AvgIpc) is 2.61. The number of hydrogen-bond acceptors (Lipinski definition) is 4. The number of fused-ring (bicyclic) bond motifs is 1. The van der Waals surface area contributed by atoms with Crippen LogP contribution in [0.25, 0.3) is 33.4 Å². The molecule has 3 N–H and O–H groups in total. The molecule has 5 nitrogen and oxygen atoms in total. The zero-order valence-electron chi connectivity index (χ0n) is 13.3. The van der Waals surface area contributed by atoms with Crippen LogP contribution in [0, 0.1) is 5.82 Å². The molecule has 0 spiro atoms. The maximum Gasteiger partial charge on any atom is 0.348 e. The molecular formula is C19H12ClFN4O. The van der Waals surface area contributed by atoms with Gasteiger partial charge >= 0.3 is 5.69 Å². The molecule has 0 aliphatic rings. The standard InChI is InChI=1S/C19H12ClFN4O/c20-12-5-1-10(2-6-12)14-9-15(11-3-7-13(21)8-4-11)23-18-16(14)17(22)24-19(26)25-18/h1-9H,(H3,22,23,24,25,26). The van der Waals surface area contributed by atoms with E-state index in [1.807, 2.05) is 18.2 Å². The van der Waals surface area contributed by atoms with E-state index in [0.717, 1.165) is 11.1 Å². The van der Waals surface area contributed by atoms with Gasteiger partial charge in [0.25, 0.3) is 0 Å². The Bertz CT molecular complexity index is 1170. The highest BCUT2D eigenvalue weighted by atomic mass is 35.5. The topological polar surface area (TPSA) is 84.7 Å². The normalized spacial score (nSPS) is 11.0. The minimum Gasteiger partial charge on any atom is -0.385 e. The number of hydrogen-bond donors (Lipinski definition) is 2. The Hall–Kier alpha value is -3.25. The average molecular weight is 367 g/mol. The van der Waals surface area contributed by atoms with Gasteiger partial charge in [0, 0.05) is 10.6 Å². The number of nitrogens with one attached hydrogen (secondary N) is 1. The number of rotatable bonds is 2. The van der Waals surface area contributed by atoms with Gasteiger partial charge in [0.05, 0.1) is 11.1 Å². The van der Waals surface area contributed by atoms with Crippen molar-refractivity contribution in [3.8, 4) is 22.4 Å². The summed E-state index contributed by atoms with van der Waals surface area (Å²) in [7, 11) is 0. The van der Waals surface area contributed by atoms with E-state index in [-0.39, 0.29) is 17.3 Å². The molecule has 0 unspecified atom stereocenters. The summed E-state index contributed by atoms with van der Waals surface area (Å²) in [5.74, 6) is -0.158. The van der Waals surface area contributed by atoms with Crippen LogP contribution in [0.5, 0.6) is 0 Å². The van der Waals surface area contributed by atoms with Crippen LogP contribution in [0.1, 0.15) is 0 Å². The SMILES string of the molecule is Nc1[nH]c(=O)nc2nc(-c3ccc(F)cc3)cc(-c3ccc(Cl)cc3)c12. The van der Waals surface area contributed by atoms with Gasteiger partial charge < -0.3 is 5.73 Å². The summed E-state index contributed by atoms with van der Waals surface area (Å²) >= 11 is 5.98. The second-order valence-electron chi connectivity index (χ2n) is 5.72. The number of pyridine rings is 1. The molecule has 26 heavy (non-hydrogen) atoms. The van der Waals surface area contributed by atoms with Crippen molar-refractivity contribution in [2.45, 2.75) is 0 Å². The molecule has 7 heteroatoms. The Kier molecular flexibility index (Phi) is 3.89. The summed E-state index contributed by atoms with van der Waals surface area (Å²) in [6.07, 6.45) is 0. The van der Waals surface area contributed by atoms with Crippen LogP contribution in [0.15, 0.2) is 59.4 Å². The Balaban J connectivity index is 2.05. The lowest BCUT2D eigenvalue weighted by atomic mass is 10.00. The molecule has 0 aliphatic heterocycles. The lowest BCUT2D eigenvalue weighted by Crippen LogP contribution is -2.14. The van der Waals surface area contributed by atoms with Crippen LogP contribution in [0.4, 0.5) is 10.2 Å². The monoisotopic (exact) mass is 366 g/mol. The number of H-pyrrole nitrogens is 1. The molecule has 0 saturated heterocycles. The molecule has 0 radical (unpaired) electrons. The van der Waals surface area contributed by atoms with E-state index in [9.17, 15) is 9.18 Å². The van der Waals surface area contributed by atoms with E-state index in [1.54, 1.807) is 24.3 Å². The highest BCUT2D eigenvalue weighted by Crippen LogP contribution is 2.33. The highest BCUT2D eigenvalue weighted by Gasteiger charge is 2.14. The first-order valence-electron chi connectivity index (χ1n) is 7.74. The third-order valence-electron chi connectivity index (χ3n) is 4.01. The van der Waals surface area contributed by atoms with E-state index in [2.05, 4.69) is 15.0 Å². The minimum absolute atomic E-state index is 0.183. The van der Waals surface area contributed by atoms with Crippen molar-refractivity contribution in [3.63, 3.8) is 0 Å². The van der Waals surface area contributed by atoms with Crippen LogP contribution in [-0.2, 0) is 0 Å². The van der Waals surface area contributed by atoms with Crippen LogP contribution in [-0.4, -0.2) is 15.0 Å². The fourth-order valence-electron chi connectivity index (χ4n) is 2.81. The molecular weight excluding hydrogens is 355 g/mol. The molecule has 4 aromatic rings. The molecule has 4 rings (SSSR count). The number of nitrogen functional groups attached to an aromatic ring is 1. The van der Waals surface area contributed by atoms with Gasteiger partial charge in [-0.1, -0.05) is 23.7 Å². The second kappa shape index (κ2) is 6.24. The maximum atomic E-state index is 13.2. The van der Waals surface area contributed by atoms with Crippen LogP contribution < -0.4 is 11.4 Å². The van der Waals surface area contributed by atoms with Crippen LogP contribution in [0.2, 0.25) is 5.02 Å². The van der Waals surface area contributed by atoms with Gasteiger partial charge in [-0.2, -0.15) is 4.98 Å². The summed E-state index contributed by atoms with van der Waals surface area (Å²) in [6, 6.07) is 15.0. The van der Waals surface area contributed by atoms with Crippen molar-refractivity contribution in [1.82, 2.24) is 15.0 Å². The first-order valence-corrected chi connectivity index (χ1v) is 8.11. The number of aromatic nitrogens is 3. The third-order valence-corrected chi connectivity index (χ3v) is 4.27. The van der Waals surface area contributed by atoms with E-state index in [1.165, 1.54) is 12.1 Å². The fourth-order valence-corrected chi connectivity index (χ4v) is 2.93. The second-order valence-corrected chi connectivity index (χ2v) is 6.16. The molecule has 2 aromatic carbocycles. The number of anilines is 1. The van der Waals surface area contributed by atoms with Gasteiger partial charge in [0.1, 0.15) is 11.6 Å². The highest BCUT2D eigenvalue weighted by molar-refractivity contribution is 6.30. The molecule has 0 atom stereocenters. The molecule has 0 bridgehead atoms. The van der Waals surface area contributed by atoms with Crippen LogP contribution >= 0.6 is 11.6 Å². The fraction of sp³-hybridized carbons (Fsp3) is 0. The molecule has 0 amide bonds. The zero-order valence-corrected chi connectivity index (χ0v) is 14.1. The van der Waals surface area contributed by atoms with Gasteiger partial charge in [0.2, 0.25) is 0 Å². The summed E-state index contributed by atoms with van der Waals surface area (Å²) in [6.45, 7) is 0. The Morgan fingerprint density at radius 2 is 1.62 bits per heavy atom. The minimum atomic E-state index is -0.583. The van der Waals surface area contributed by atoms with E-state index >= 15 is 0 Å². The lowest BCUT2D eigenvalue weighted by molar-refractivity contribution is 0.628. The number of benzene rings is 2. The van der Waals surface area contributed by atoms with Gasteiger partial charge in [-0.3, -0.25) is 4.98 Å². The lowest BCUT2D eigenvalue weighted by Gasteiger charge is -2.11. The Labute approximate surface area is 152 Å². The van der Waals surface area contributed by atoms with Crippen molar-refractivity contribution in [2.75, 3.05) is 5.73 Å². The summed E-state index contributed by atoms with van der Waals surface area (Å²) in [5, 5.41) is 1.14. The first-order chi connectivity index (χ1) is 12.5. The van der Waals surface area contributed by atoms with Gasteiger partial charge in [-0.05, 0) is 53.6 Å². The van der Waals surface area contributed by atoms with Crippen molar-refractivity contribution < 1.29 is 4.39 Å². The van der Waals surface area contributed by atoms with Crippen molar-refractivity contribution >= 4 is 28.5 Å². The van der Waals surface area contributed by atoms with Crippen LogP contribution in [0.3, 0.4) is 0 Å². The quantitative estimate of drug-likeness (QED) is 0.561. The number of nitrogens with zero attached hydrogens (tertiary/aromatic N) is 2. The van der Waals surface area contributed by atoms with Crippen molar-refractivity contribution in [3.05, 3.63) is 75.9 Å². The molecule has 128 valence electrons. The number of aromatic amines is 1. The maximum absolute atomic E-state index is 13.2. The molecule has 2 aromatic heterocycles.